The molecule has 0 bridgehead atoms. The number of thiophene rings is 1. The topological polar surface area (TPSA) is 29.3 Å². The molecular weight excluding hydrogens is 276 g/mol. The first-order chi connectivity index (χ1) is 9.10. The summed E-state index contributed by atoms with van der Waals surface area (Å²) in [6.07, 6.45) is 0. The van der Waals surface area contributed by atoms with Crippen LogP contribution in [0.5, 0.6) is 0 Å². The lowest BCUT2D eigenvalue weighted by molar-refractivity contribution is 0.255. The summed E-state index contributed by atoms with van der Waals surface area (Å²) in [5.74, 6) is 0. The summed E-state index contributed by atoms with van der Waals surface area (Å²) in [7, 11) is 2.14. The molecule has 1 atom stereocenters. The molecule has 1 aromatic heterocycles. The Kier molecular flexibility index (Phi) is 4.99. The molecule has 2 rings (SSSR count). The average Bonchev–Trinajstić information content (AvgIpc) is 2.86. The van der Waals surface area contributed by atoms with Crippen molar-refractivity contribution in [3.63, 3.8) is 0 Å². The fraction of sp³-hybridized carbons (Fsp3) is 0.333. The highest BCUT2D eigenvalue weighted by Crippen LogP contribution is 2.24. The van der Waals surface area contributed by atoms with Crippen molar-refractivity contribution in [1.82, 2.24) is 4.90 Å². The molecule has 0 amide bonds. The second-order valence-corrected chi connectivity index (χ2v) is 6.40. The maximum absolute atomic E-state index is 5.92. The van der Waals surface area contributed by atoms with Crippen LogP contribution in [0, 0.1) is 0 Å². The molecule has 4 heteroatoms. The molecule has 0 fully saturated rings. The largest absolute Gasteiger partial charge is 0.326 e. The van der Waals surface area contributed by atoms with Crippen LogP contribution in [0.4, 0.5) is 0 Å². The van der Waals surface area contributed by atoms with Gasteiger partial charge in [-0.1, -0.05) is 23.7 Å². The van der Waals surface area contributed by atoms with Crippen molar-refractivity contribution >= 4 is 22.9 Å². The molecule has 0 radical (unpaired) electrons. The predicted octanol–water partition coefficient (Wildman–Crippen LogP) is 4.05. The van der Waals surface area contributed by atoms with E-state index >= 15 is 0 Å². The van der Waals surface area contributed by atoms with Gasteiger partial charge in [-0.15, -0.1) is 11.3 Å². The molecular formula is C15H19ClN2S. The maximum Gasteiger partial charge on any atom is 0.0406 e. The minimum Gasteiger partial charge on any atom is -0.326 e. The fourth-order valence-electron chi connectivity index (χ4n) is 2.00. The van der Waals surface area contributed by atoms with Crippen molar-refractivity contribution in [1.29, 1.82) is 0 Å². The van der Waals surface area contributed by atoms with Crippen LogP contribution in [0.1, 0.15) is 28.3 Å². The monoisotopic (exact) mass is 294 g/mol. The quantitative estimate of drug-likeness (QED) is 0.901. The first-order valence-electron chi connectivity index (χ1n) is 6.33. The average molecular weight is 295 g/mol. The Morgan fingerprint density at radius 1 is 1.16 bits per heavy atom. The SMILES string of the molecule is CC(c1ccc(Cl)cc1)N(C)Cc1ccc(CN)s1. The molecule has 1 unspecified atom stereocenters. The zero-order valence-corrected chi connectivity index (χ0v) is 12.8. The van der Waals surface area contributed by atoms with Crippen LogP contribution >= 0.6 is 22.9 Å². The predicted molar refractivity (Wildman–Crippen MR) is 83.5 cm³/mol. The van der Waals surface area contributed by atoms with Gasteiger partial charge in [0.05, 0.1) is 0 Å². The summed E-state index contributed by atoms with van der Waals surface area (Å²) in [4.78, 5) is 4.92. The van der Waals surface area contributed by atoms with Crippen LogP contribution in [0.15, 0.2) is 36.4 Å². The van der Waals surface area contributed by atoms with Gasteiger partial charge in [0, 0.05) is 33.9 Å². The van der Waals surface area contributed by atoms with E-state index < -0.39 is 0 Å². The Morgan fingerprint density at radius 2 is 1.79 bits per heavy atom. The van der Waals surface area contributed by atoms with E-state index in [4.69, 9.17) is 17.3 Å². The van der Waals surface area contributed by atoms with Crippen LogP contribution in [-0.2, 0) is 13.1 Å². The molecule has 2 aromatic rings. The third-order valence-corrected chi connectivity index (χ3v) is 4.68. The lowest BCUT2D eigenvalue weighted by Gasteiger charge is -2.24. The zero-order chi connectivity index (χ0) is 13.8. The van der Waals surface area contributed by atoms with Gasteiger partial charge in [0.1, 0.15) is 0 Å². The van der Waals surface area contributed by atoms with Crippen molar-refractivity contribution in [2.75, 3.05) is 7.05 Å². The van der Waals surface area contributed by atoms with Gasteiger partial charge in [0.25, 0.3) is 0 Å². The highest BCUT2D eigenvalue weighted by atomic mass is 35.5. The summed E-state index contributed by atoms with van der Waals surface area (Å²) in [6, 6.07) is 12.7. The van der Waals surface area contributed by atoms with Gasteiger partial charge in [-0.3, -0.25) is 4.90 Å². The third kappa shape index (κ3) is 3.80. The standard InChI is InChI=1S/C15H19ClN2S/c1-11(12-3-5-13(16)6-4-12)18(2)10-15-8-7-14(9-17)19-15/h3-8,11H,9-10,17H2,1-2H3. The van der Waals surface area contributed by atoms with Crippen molar-refractivity contribution in [3.8, 4) is 0 Å². The summed E-state index contributed by atoms with van der Waals surface area (Å²) in [6.45, 7) is 3.77. The van der Waals surface area contributed by atoms with E-state index in [-0.39, 0.29) is 0 Å². The summed E-state index contributed by atoms with van der Waals surface area (Å²) >= 11 is 7.71. The van der Waals surface area contributed by atoms with Crippen molar-refractivity contribution in [2.24, 2.45) is 5.73 Å². The smallest absolute Gasteiger partial charge is 0.0406 e. The zero-order valence-electron chi connectivity index (χ0n) is 11.3. The number of hydrogen-bond donors (Lipinski definition) is 1. The van der Waals surface area contributed by atoms with Crippen molar-refractivity contribution in [3.05, 3.63) is 56.7 Å². The Hall–Kier alpha value is -0.870. The number of halogens is 1. The van der Waals surface area contributed by atoms with Gasteiger partial charge in [-0.05, 0) is 43.8 Å². The first kappa shape index (κ1) is 14.5. The molecule has 0 aliphatic carbocycles. The molecule has 0 saturated carbocycles. The number of rotatable bonds is 5. The van der Waals surface area contributed by atoms with E-state index in [9.17, 15) is 0 Å². The number of hydrogen-bond acceptors (Lipinski definition) is 3. The molecule has 0 spiro atoms. The van der Waals surface area contributed by atoms with E-state index in [1.54, 1.807) is 11.3 Å². The number of nitrogens with zero attached hydrogens (tertiary/aromatic N) is 1. The molecule has 2 nitrogen and oxygen atoms in total. The molecule has 0 saturated heterocycles. The molecule has 2 N–H and O–H groups in total. The number of nitrogens with two attached hydrogens (primary N) is 1. The van der Waals surface area contributed by atoms with Gasteiger partial charge in [-0.2, -0.15) is 0 Å². The maximum atomic E-state index is 5.92. The first-order valence-corrected chi connectivity index (χ1v) is 7.53. The molecule has 0 aliphatic rings. The van der Waals surface area contributed by atoms with Crippen molar-refractivity contribution in [2.45, 2.75) is 26.1 Å². The fourth-order valence-corrected chi connectivity index (χ4v) is 3.08. The molecule has 102 valence electrons. The Morgan fingerprint density at radius 3 is 2.37 bits per heavy atom. The molecule has 19 heavy (non-hydrogen) atoms. The molecule has 0 aliphatic heterocycles. The second kappa shape index (κ2) is 6.53. The van der Waals surface area contributed by atoms with Crippen LogP contribution in [-0.4, -0.2) is 11.9 Å². The second-order valence-electron chi connectivity index (χ2n) is 4.71. The van der Waals surface area contributed by atoms with Crippen LogP contribution in [0.3, 0.4) is 0 Å². The third-order valence-electron chi connectivity index (χ3n) is 3.34. The van der Waals surface area contributed by atoms with Crippen LogP contribution in [0.25, 0.3) is 0 Å². The van der Waals surface area contributed by atoms with Gasteiger partial charge in [0.15, 0.2) is 0 Å². The van der Waals surface area contributed by atoms with E-state index in [1.807, 2.05) is 12.1 Å². The Bertz CT molecular complexity index is 521. The van der Waals surface area contributed by atoms with Gasteiger partial charge >= 0.3 is 0 Å². The van der Waals surface area contributed by atoms with Crippen LogP contribution < -0.4 is 5.73 Å². The summed E-state index contributed by atoms with van der Waals surface area (Å²) in [5, 5.41) is 0.782. The Balaban J connectivity index is 2.02. The Labute approximate surface area is 123 Å². The van der Waals surface area contributed by atoms with Crippen LogP contribution in [0.2, 0.25) is 5.02 Å². The van der Waals surface area contributed by atoms with E-state index in [2.05, 4.69) is 43.1 Å². The minimum absolute atomic E-state index is 0.362. The van der Waals surface area contributed by atoms with Gasteiger partial charge < -0.3 is 5.73 Å². The molecule has 1 aromatic carbocycles. The highest BCUT2D eigenvalue weighted by Gasteiger charge is 2.12. The lowest BCUT2D eigenvalue weighted by atomic mass is 10.1. The molecule has 1 heterocycles. The summed E-state index contributed by atoms with van der Waals surface area (Å²) in [5.41, 5.74) is 6.92. The van der Waals surface area contributed by atoms with E-state index in [0.717, 1.165) is 11.6 Å². The normalized spacial score (nSPS) is 12.9. The summed E-state index contributed by atoms with van der Waals surface area (Å²) < 4.78 is 0. The number of benzene rings is 1. The van der Waals surface area contributed by atoms with Crippen molar-refractivity contribution < 1.29 is 0 Å². The van der Waals surface area contributed by atoms with Gasteiger partial charge in [0.2, 0.25) is 0 Å². The highest BCUT2D eigenvalue weighted by molar-refractivity contribution is 7.11. The lowest BCUT2D eigenvalue weighted by Crippen LogP contribution is -2.21. The van der Waals surface area contributed by atoms with E-state index in [1.165, 1.54) is 15.3 Å². The van der Waals surface area contributed by atoms with E-state index in [0.29, 0.717) is 12.6 Å². The van der Waals surface area contributed by atoms with Gasteiger partial charge in [-0.25, -0.2) is 0 Å². The minimum atomic E-state index is 0.362.